The summed E-state index contributed by atoms with van der Waals surface area (Å²) in [4.78, 5) is 10.6. The van der Waals surface area contributed by atoms with Crippen LogP contribution in [0, 0.1) is 11.3 Å². The van der Waals surface area contributed by atoms with Gasteiger partial charge in [0.15, 0.2) is 0 Å². The van der Waals surface area contributed by atoms with E-state index in [1.807, 2.05) is 30.0 Å². The van der Waals surface area contributed by atoms with Gasteiger partial charge >= 0.3 is 0 Å². The van der Waals surface area contributed by atoms with E-state index in [1.165, 1.54) is 12.4 Å². The number of fused-ring (bicyclic) bond motifs is 1. The Hall–Kier alpha value is -3.38. The Morgan fingerprint density at radius 2 is 2.06 bits per heavy atom. The number of nitrogens with zero attached hydrogens (tertiary/aromatic N) is 5. The summed E-state index contributed by atoms with van der Waals surface area (Å²) in [5.41, 5.74) is 3.30. The zero-order valence-electron chi connectivity index (χ0n) is 18.9. The molecule has 35 heavy (non-hydrogen) atoms. The summed E-state index contributed by atoms with van der Waals surface area (Å²) in [6.07, 6.45) is 6.22. The Morgan fingerprint density at radius 1 is 1.26 bits per heavy atom. The van der Waals surface area contributed by atoms with Gasteiger partial charge in [0, 0.05) is 41.6 Å². The van der Waals surface area contributed by atoms with Crippen LogP contribution >= 0.6 is 23.2 Å². The standard InChI is InChI=1S/C25H22Cl2N6O2/c1-14(23-20(26)11-29-12-21(23)27)35-18-4-5-22-19(8-18)24(32-31-22)16-7-15(9-28)25(30-10-16)33-6-2-3-17(33)13-34/h4-5,7-8,10-12,14,17,34H,2-3,6,13H2,1H3,(H,31,32)/t14-,17?/m1/s1. The number of aromatic amines is 1. The van der Waals surface area contributed by atoms with Crippen molar-refractivity contribution < 1.29 is 9.84 Å². The highest BCUT2D eigenvalue weighted by atomic mass is 35.5. The van der Waals surface area contributed by atoms with E-state index in [2.05, 4.69) is 26.2 Å². The maximum atomic E-state index is 9.82. The van der Waals surface area contributed by atoms with Crippen LogP contribution in [0.15, 0.2) is 42.9 Å². The van der Waals surface area contributed by atoms with Crippen LogP contribution in [0.2, 0.25) is 10.0 Å². The third kappa shape index (κ3) is 4.39. The van der Waals surface area contributed by atoms with Crippen molar-refractivity contribution in [3.63, 3.8) is 0 Å². The van der Waals surface area contributed by atoms with Gasteiger partial charge in [0.1, 0.15) is 29.4 Å². The molecule has 1 aromatic carbocycles. The summed E-state index contributed by atoms with van der Waals surface area (Å²) in [5, 5.41) is 28.7. The minimum absolute atomic E-state index is 0.0178. The van der Waals surface area contributed by atoms with Crippen molar-refractivity contribution >= 4 is 39.9 Å². The minimum atomic E-state index is -0.406. The number of aliphatic hydroxyl groups is 1. The molecule has 1 fully saturated rings. The molecule has 0 saturated carbocycles. The van der Waals surface area contributed by atoms with Gasteiger partial charge in [-0.1, -0.05) is 23.2 Å². The van der Waals surface area contributed by atoms with Crippen LogP contribution in [0.1, 0.15) is 37.0 Å². The quantitative estimate of drug-likeness (QED) is 0.363. The second-order valence-electron chi connectivity index (χ2n) is 8.44. The number of ether oxygens (including phenoxy) is 1. The molecule has 8 nitrogen and oxygen atoms in total. The average molecular weight is 509 g/mol. The van der Waals surface area contributed by atoms with Crippen molar-refractivity contribution in [2.75, 3.05) is 18.1 Å². The van der Waals surface area contributed by atoms with Crippen molar-refractivity contribution in [1.82, 2.24) is 20.2 Å². The Labute approximate surface area is 212 Å². The zero-order valence-corrected chi connectivity index (χ0v) is 20.4. The highest BCUT2D eigenvalue weighted by molar-refractivity contribution is 6.35. The van der Waals surface area contributed by atoms with Crippen LogP contribution in [0.5, 0.6) is 5.75 Å². The van der Waals surface area contributed by atoms with Crippen LogP contribution in [0.3, 0.4) is 0 Å². The average Bonchev–Trinajstić information content (AvgIpc) is 3.50. The fourth-order valence-electron chi connectivity index (χ4n) is 4.56. The van der Waals surface area contributed by atoms with E-state index in [0.717, 1.165) is 30.3 Å². The number of aliphatic hydroxyl groups excluding tert-OH is 1. The van der Waals surface area contributed by atoms with Crippen LogP contribution in [0.4, 0.5) is 5.82 Å². The lowest BCUT2D eigenvalue weighted by molar-refractivity contribution is 0.227. The number of nitrogens with one attached hydrogen (secondary N) is 1. The first-order valence-electron chi connectivity index (χ1n) is 11.2. The van der Waals surface area contributed by atoms with E-state index in [4.69, 9.17) is 27.9 Å². The van der Waals surface area contributed by atoms with Crippen molar-refractivity contribution in [1.29, 1.82) is 5.26 Å². The molecule has 2 atom stereocenters. The third-order valence-corrected chi connectivity index (χ3v) is 6.87. The fraction of sp³-hybridized carbons (Fsp3) is 0.280. The molecule has 1 unspecified atom stereocenters. The van der Waals surface area contributed by atoms with E-state index in [-0.39, 0.29) is 12.6 Å². The SMILES string of the molecule is C[C@@H](Oc1ccc2[nH]nc(-c3cnc(N4CCCC4CO)c(C#N)c3)c2c1)c1c(Cl)cncc1Cl. The monoisotopic (exact) mass is 508 g/mol. The lowest BCUT2D eigenvalue weighted by Crippen LogP contribution is -2.33. The van der Waals surface area contributed by atoms with Crippen molar-refractivity contribution in [3.8, 4) is 23.1 Å². The molecule has 0 radical (unpaired) electrons. The molecule has 1 aliphatic rings. The van der Waals surface area contributed by atoms with Gasteiger partial charge in [0.05, 0.1) is 33.8 Å². The topological polar surface area (TPSA) is 111 Å². The van der Waals surface area contributed by atoms with E-state index < -0.39 is 6.10 Å². The number of hydrogen-bond acceptors (Lipinski definition) is 7. The molecule has 0 bridgehead atoms. The number of rotatable bonds is 6. The van der Waals surface area contributed by atoms with Gasteiger partial charge < -0.3 is 14.7 Å². The van der Waals surface area contributed by atoms with Crippen LogP contribution in [-0.4, -0.2) is 44.5 Å². The Balaban J connectivity index is 1.48. The maximum absolute atomic E-state index is 9.82. The Kier molecular flexibility index (Phi) is 6.48. The molecular formula is C25H22Cl2N6O2. The number of pyridine rings is 2. The number of nitriles is 1. The second-order valence-corrected chi connectivity index (χ2v) is 9.25. The van der Waals surface area contributed by atoms with E-state index >= 15 is 0 Å². The molecule has 0 spiro atoms. The van der Waals surface area contributed by atoms with Crippen LogP contribution in [0.25, 0.3) is 22.2 Å². The van der Waals surface area contributed by atoms with E-state index in [9.17, 15) is 10.4 Å². The van der Waals surface area contributed by atoms with Crippen molar-refractivity contribution in [2.24, 2.45) is 0 Å². The molecule has 10 heteroatoms. The predicted octanol–water partition coefficient (Wildman–Crippen LogP) is 5.30. The van der Waals surface area contributed by atoms with Gasteiger partial charge in [-0.2, -0.15) is 10.4 Å². The molecule has 2 N–H and O–H groups in total. The molecule has 3 aromatic heterocycles. The molecule has 4 aromatic rings. The summed E-state index contributed by atoms with van der Waals surface area (Å²) in [6, 6.07) is 9.63. The largest absolute Gasteiger partial charge is 0.486 e. The molecule has 5 rings (SSSR count). The van der Waals surface area contributed by atoms with E-state index in [1.54, 1.807) is 12.3 Å². The zero-order chi connectivity index (χ0) is 24.5. The molecule has 0 amide bonds. The third-order valence-electron chi connectivity index (χ3n) is 6.26. The maximum Gasteiger partial charge on any atom is 0.146 e. The van der Waals surface area contributed by atoms with Gasteiger partial charge in [-0.05, 0) is 44.0 Å². The van der Waals surface area contributed by atoms with Crippen LogP contribution < -0.4 is 9.64 Å². The number of anilines is 1. The molecular weight excluding hydrogens is 487 g/mol. The fourth-order valence-corrected chi connectivity index (χ4v) is 5.23. The van der Waals surface area contributed by atoms with Crippen molar-refractivity contribution in [3.05, 3.63) is 64.0 Å². The number of H-pyrrole nitrogens is 1. The molecule has 0 aliphatic carbocycles. The smallest absolute Gasteiger partial charge is 0.146 e. The highest BCUT2D eigenvalue weighted by Gasteiger charge is 2.27. The number of hydrogen-bond donors (Lipinski definition) is 2. The Morgan fingerprint density at radius 3 is 2.80 bits per heavy atom. The summed E-state index contributed by atoms with van der Waals surface area (Å²) in [6.45, 7) is 2.67. The van der Waals surface area contributed by atoms with E-state index in [0.29, 0.717) is 44.0 Å². The van der Waals surface area contributed by atoms with Gasteiger partial charge in [-0.25, -0.2) is 4.98 Å². The first-order chi connectivity index (χ1) is 17.0. The molecule has 1 saturated heterocycles. The van der Waals surface area contributed by atoms with Gasteiger partial charge in [-0.3, -0.25) is 10.1 Å². The number of benzene rings is 1. The molecule has 4 heterocycles. The molecule has 178 valence electrons. The lowest BCUT2D eigenvalue weighted by Gasteiger charge is -2.25. The number of halogens is 2. The molecule has 1 aliphatic heterocycles. The highest BCUT2D eigenvalue weighted by Crippen LogP contribution is 2.36. The Bertz CT molecular complexity index is 1410. The summed E-state index contributed by atoms with van der Waals surface area (Å²) in [7, 11) is 0. The van der Waals surface area contributed by atoms with Gasteiger partial charge in [0.2, 0.25) is 0 Å². The summed E-state index contributed by atoms with van der Waals surface area (Å²) in [5.74, 6) is 1.21. The normalized spacial score (nSPS) is 16.4. The van der Waals surface area contributed by atoms with Crippen molar-refractivity contribution in [2.45, 2.75) is 31.9 Å². The summed E-state index contributed by atoms with van der Waals surface area (Å²) >= 11 is 12.6. The summed E-state index contributed by atoms with van der Waals surface area (Å²) < 4.78 is 6.15. The second kappa shape index (κ2) is 9.70. The van der Waals surface area contributed by atoms with Crippen LogP contribution in [-0.2, 0) is 0 Å². The van der Waals surface area contributed by atoms with Gasteiger partial charge in [0.25, 0.3) is 0 Å². The number of aromatic nitrogens is 4. The predicted molar refractivity (Wildman–Crippen MR) is 135 cm³/mol. The first kappa shape index (κ1) is 23.4. The first-order valence-corrected chi connectivity index (χ1v) is 12.0. The van der Waals surface area contributed by atoms with Gasteiger partial charge in [-0.15, -0.1) is 0 Å². The minimum Gasteiger partial charge on any atom is -0.486 e. The lowest BCUT2D eigenvalue weighted by atomic mass is 10.1.